The lowest BCUT2D eigenvalue weighted by atomic mass is 9.83. The smallest absolute Gasteiger partial charge is 0.255 e. The molecule has 0 aliphatic carbocycles. The van der Waals surface area contributed by atoms with Gasteiger partial charge in [-0.25, -0.2) is 4.39 Å². The van der Waals surface area contributed by atoms with Gasteiger partial charge in [0.05, 0.1) is 12.0 Å². The maximum Gasteiger partial charge on any atom is 0.255 e. The first-order valence-electron chi connectivity index (χ1n) is 11.4. The molecule has 2 saturated heterocycles. The van der Waals surface area contributed by atoms with E-state index < -0.39 is 0 Å². The third-order valence-electron chi connectivity index (χ3n) is 6.87. The van der Waals surface area contributed by atoms with Crippen LogP contribution in [-0.2, 0) is 18.3 Å². The zero-order valence-electron chi connectivity index (χ0n) is 18.5. The van der Waals surface area contributed by atoms with Crippen LogP contribution in [-0.4, -0.2) is 51.9 Å². The molecule has 6 nitrogen and oxygen atoms in total. The highest BCUT2D eigenvalue weighted by molar-refractivity contribution is 5.94. The Morgan fingerprint density at radius 3 is 2.47 bits per heavy atom. The number of carbonyl (C=O) groups is 2. The van der Waals surface area contributed by atoms with Gasteiger partial charge in [0, 0.05) is 45.0 Å². The van der Waals surface area contributed by atoms with Crippen molar-refractivity contribution in [2.45, 2.75) is 44.6 Å². The van der Waals surface area contributed by atoms with E-state index in [4.69, 9.17) is 0 Å². The molecule has 2 aliphatic heterocycles. The van der Waals surface area contributed by atoms with Crippen molar-refractivity contribution in [1.29, 1.82) is 0 Å². The summed E-state index contributed by atoms with van der Waals surface area (Å²) < 4.78 is 15.5. The average molecular weight is 440 g/mol. The standard InChI is InChI=1S/C25H30FN3O3/c1-27-17-20(9-10-23(27)30)25(32)28-14-11-18(12-15-28)22-8-4-5-13-29(22)24(31)16-19-6-2-3-7-21(19)26/h2-3,6-7,9-10,17-18,22H,4-5,8,11-16H2,1H3. The number of hydrogen-bond acceptors (Lipinski definition) is 3. The number of hydrogen-bond donors (Lipinski definition) is 0. The van der Waals surface area contributed by atoms with Crippen molar-refractivity contribution in [3.8, 4) is 0 Å². The molecule has 2 fully saturated rings. The van der Waals surface area contributed by atoms with Crippen LogP contribution in [0.5, 0.6) is 0 Å². The van der Waals surface area contributed by atoms with E-state index in [1.165, 1.54) is 16.7 Å². The summed E-state index contributed by atoms with van der Waals surface area (Å²) in [5.74, 6) is -0.0672. The highest BCUT2D eigenvalue weighted by Crippen LogP contribution is 2.31. The molecule has 4 rings (SSSR count). The fourth-order valence-corrected chi connectivity index (χ4v) is 5.05. The van der Waals surface area contributed by atoms with Crippen LogP contribution in [0.25, 0.3) is 0 Å². The number of amides is 2. The van der Waals surface area contributed by atoms with E-state index in [9.17, 15) is 18.8 Å². The molecule has 2 aromatic rings. The van der Waals surface area contributed by atoms with Gasteiger partial charge in [-0.15, -0.1) is 0 Å². The summed E-state index contributed by atoms with van der Waals surface area (Å²) in [5, 5.41) is 0. The van der Waals surface area contributed by atoms with Gasteiger partial charge in [0.25, 0.3) is 5.91 Å². The molecule has 7 heteroatoms. The number of aryl methyl sites for hydroxylation is 1. The van der Waals surface area contributed by atoms with Crippen LogP contribution < -0.4 is 5.56 Å². The number of aromatic nitrogens is 1. The number of piperidine rings is 2. The predicted molar refractivity (Wildman–Crippen MR) is 120 cm³/mol. The largest absolute Gasteiger partial charge is 0.339 e. The van der Waals surface area contributed by atoms with Gasteiger partial charge >= 0.3 is 0 Å². The van der Waals surface area contributed by atoms with E-state index in [-0.39, 0.29) is 35.7 Å². The van der Waals surface area contributed by atoms with Gasteiger partial charge in [0.1, 0.15) is 5.82 Å². The van der Waals surface area contributed by atoms with Gasteiger partial charge in [-0.2, -0.15) is 0 Å². The lowest BCUT2D eigenvalue weighted by molar-refractivity contribution is -0.136. The Hall–Kier alpha value is -2.96. The van der Waals surface area contributed by atoms with Crippen molar-refractivity contribution in [3.05, 3.63) is 69.9 Å². The number of rotatable bonds is 4. The summed E-state index contributed by atoms with van der Waals surface area (Å²) in [6.07, 6.45) is 6.38. The van der Waals surface area contributed by atoms with Crippen LogP contribution in [0.3, 0.4) is 0 Å². The number of carbonyl (C=O) groups excluding carboxylic acids is 2. The Morgan fingerprint density at radius 1 is 1.00 bits per heavy atom. The van der Waals surface area contributed by atoms with E-state index in [1.54, 1.807) is 37.5 Å². The summed E-state index contributed by atoms with van der Waals surface area (Å²) in [6, 6.07) is 9.62. The molecular formula is C25H30FN3O3. The van der Waals surface area contributed by atoms with Gasteiger partial charge in [-0.1, -0.05) is 18.2 Å². The highest BCUT2D eigenvalue weighted by atomic mass is 19.1. The Labute approximate surface area is 187 Å². The van der Waals surface area contributed by atoms with Gasteiger partial charge in [0.2, 0.25) is 11.5 Å². The first-order valence-corrected chi connectivity index (χ1v) is 11.4. The van der Waals surface area contributed by atoms with Crippen LogP contribution in [0.4, 0.5) is 4.39 Å². The van der Waals surface area contributed by atoms with Gasteiger partial charge in [-0.05, 0) is 55.7 Å². The molecule has 0 bridgehead atoms. The summed E-state index contributed by atoms with van der Waals surface area (Å²) in [6.45, 7) is 1.99. The summed E-state index contributed by atoms with van der Waals surface area (Å²) in [5.41, 5.74) is 0.821. The Bertz CT molecular complexity index is 1040. The van der Waals surface area contributed by atoms with Crippen molar-refractivity contribution in [2.75, 3.05) is 19.6 Å². The minimum atomic E-state index is -0.334. The topological polar surface area (TPSA) is 62.6 Å². The van der Waals surface area contributed by atoms with E-state index in [1.807, 2.05) is 9.80 Å². The molecule has 3 heterocycles. The zero-order valence-corrected chi connectivity index (χ0v) is 18.5. The van der Waals surface area contributed by atoms with Crippen LogP contribution in [0.1, 0.15) is 48.0 Å². The van der Waals surface area contributed by atoms with Crippen molar-refractivity contribution < 1.29 is 14.0 Å². The van der Waals surface area contributed by atoms with Crippen LogP contribution >= 0.6 is 0 Å². The number of pyridine rings is 1. The molecule has 2 amide bonds. The van der Waals surface area contributed by atoms with Gasteiger partial charge < -0.3 is 14.4 Å². The third-order valence-corrected chi connectivity index (χ3v) is 6.87. The second-order valence-electron chi connectivity index (χ2n) is 8.91. The van der Waals surface area contributed by atoms with E-state index in [0.29, 0.717) is 30.1 Å². The second-order valence-corrected chi connectivity index (χ2v) is 8.91. The third kappa shape index (κ3) is 4.76. The lowest BCUT2D eigenvalue weighted by Crippen LogP contribution is -2.51. The number of benzene rings is 1. The molecule has 0 N–H and O–H groups in total. The maximum atomic E-state index is 14.0. The quantitative estimate of drug-likeness (QED) is 0.736. The molecule has 2 aliphatic rings. The minimum absolute atomic E-state index is 0.0106. The second kappa shape index (κ2) is 9.67. The molecule has 1 aromatic heterocycles. The number of nitrogens with zero attached hydrogens (tertiary/aromatic N) is 3. The van der Waals surface area contributed by atoms with E-state index in [2.05, 4.69) is 0 Å². The molecule has 0 radical (unpaired) electrons. The SMILES string of the molecule is Cn1cc(C(=O)N2CCC(C3CCCCN3C(=O)Cc3ccccc3F)CC2)ccc1=O. The maximum absolute atomic E-state index is 14.0. The Balaban J connectivity index is 1.39. The van der Waals surface area contributed by atoms with E-state index in [0.717, 1.165) is 38.6 Å². The highest BCUT2D eigenvalue weighted by Gasteiger charge is 2.35. The minimum Gasteiger partial charge on any atom is -0.339 e. The number of likely N-dealkylation sites (tertiary alicyclic amines) is 2. The first-order chi connectivity index (χ1) is 15.4. The first kappa shape index (κ1) is 22.2. The van der Waals surface area contributed by atoms with Crippen LogP contribution in [0.2, 0.25) is 0 Å². The molecule has 32 heavy (non-hydrogen) atoms. The van der Waals surface area contributed by atoms with Crippen molar-refractivity contribution in [1.82, 2.24) is 14.4 Å². The zero-order chi connectivity index (χ0) is 22.7. The molecule has 1 atom stereocenters. The number of halogens is 1. The van der Waals surface area contributed by atoms with Gasteiger partial charge in [-0.3, -0.25) is 14.4 Å². The Morgan fingerprint density at radius 2 is 1.75 bits per heavy atom. The van der Waals surface area contributed by atoms with E-state index >= 15 is 0 Å². The average Bonchev–Trinajstić information content (AvgIpc) is 2.82. The molecule has 1 aromatic carbocycles. The monoisotopic (exact) mass is 439 g/mol. The molecule has 1 unspecified atom stereocenters. The van der Waals surface area contributed by atoms with Crippen molar-refractivity contribution in [2.24, 2.45) is 13.0 Å². The molecule has 0 spiro atoms. The summed E-state index contributed by atoms with van der Waals surface area (Å²) in [7, 11) is 1.64. The fraction of sp³-hybridized carbons (Fsp3) is 0.480. The predicted octanol–water partition coefficient (Wildman–Crippen LogP) is 3.00. The summed E-state index contributed by atoms with van der Waals surface area (Å²) >= 11 is 0. The normalized spacial score (nSPS) is 19.8. The fourth-order valence-electron chi connectivity index (χ4n) is 5.05. The van der Waals surface area contributed by atoms with Crippen LogP contribution in [0, 0.1) is 11.7 Å². The lowest BCUT2D eigenvalue weighted by Gasteiger charge is -2.44. The Kier molecular flexibility index (Phi) is 6.72. The molecule has 0 saturated carbocycles. The van der Waals surface area contributed by atoms with Crippen molar-refractivity contribution in [3.63, 3.8) is 0 Å². The van der Waals surface area contributed by atoms with Gasteiger partial charge in [0.15, 0.2) is 0 Å². The van der Waals surface area contributed by atoms with Crippen LogP contribution in [0.15, 0.2) is 47.4 Å². The molecular weight excluding hydrogens is 409 g/mol. The van der Waals surface area contributed by atoms with Crippen molar-refractivity contribution >= 4 is 11.8 Å². The summed E-state index contributed by atoms with van der Waals surface area (Å²) in [4.78, 5) is 41.3. The molecule has 170 valence electrons.